The summed E-state index contributed by atoms with van der Waals surface area (Å²) < 4.78 is 43.0. The standard InChI is InChI=1S/C16H23FN2O4S/c1-23-15-7-8-19(16(20)10-18-24(2,21)22)11-13(15)9-12-3-5-14(17)6-4-12/h3-6,13,15,18H,7-11H2,1-2H3/t13-,15+/m1/s1. The Morgan fingerprint density at radius 2 is 2.04 bits per heavy atom. The Kier molecular flexibility index (Phi) is 6.31. The minimum Gasteiger partial charge on any atom is -0.381 e. The van der Waals surface area contributed by atoms with E-state index in [9.17, 15) is 17.6 Å². The summed E-state index contributed by atoms with van der Waals surface area (Å²) in [6.45, 7) is 0.780. The van der Waals surface area contributed by atoms with E-state index >= 15 is 0 Å². The van der Waals surface area contributed by atoms with Gasteiger partial charge in [0.15, 0.2) is 0 Å². The monoisotopic (exact) mass is 358 g/mol. The number of carbonyl (C=O) groups is 1. The fraction of sp³-hybridized carbons (Fsp3) is 0.562. The van der Waals surface area contributed by atoms with Gasteiger partial charge in [-0.25, -0.2) is 17.5 Å². The van der Waals surface area contributed by atoms with Gasteiger partial charge >= 0.3 is 0 Å². The van der Waals surface area contributed by atoms with Gasteiger partial charge in [-0.3, -0.25) is 4.79 Å². The van der Waals surface area contributed by atoms with E-state index in [-0.39, 0.29) is 30.3 Å². The Hall–Kier alpha value is -1.51. The van der Waals surface area contributed by atoms with E-state index in [4.69, 9.17) is 4.74 Å². The average Bonchev–Trinajstić information content (AvgIpc) is 2.54. The molecule has 24 heavy (non-hydrogen) atoms. The summed E-state index contributed by atoms with van der Waals surface area (Å²) in [5.74, 6) is -0.454. The van der Waals surface area contributed by atoms with Crippen LogP contribution >= 0.6 is 0 Å². The molecule has 0 radical (unpaired) electrons. The number of hydrogen-bond acceptors (Lipinski definition) is 4. The van der Waals surface area contributed by atoms with Crippen molar-refractivity contribution < 1.29 is 22.3 Å². The molecule has 0 saturated carbocycles. The number of nitrogens with zero attached hydrogens (tertiary/aromatic N) is 1. The fourth-order valence-electron chi connectivity index (χ4n) is 2.97. The van der Waals surface area contributed by atoms with Crippen LogP contribution in [0.3, 0.4) is 0 Å². The van der Waals surface area contributed by atoms with Crippen molar-refractivity contribution in [2.24, 2.45) is 5.92 Å². The van der Waals surface area contributed by atoms with Crippen LogP contribution in [0, 0.1) is 11.7 Å². The number of halogens is 1. The van der Waals surface area contributed by atoms with Gasteiger partial charge in [0.2, 0.25) is 15.9 Å². The zero-order chi connectivity index (χ0) is 17.7. The van der Waals surface area contributed by atoms with Crippen LogP contribution in [-0.2, 0) is 26.0 Å². The molecule has 2 rings (SSSR count). The Morgan fingerprint density at radius 1 is 1.38 bits per heavy atom. The molecule has 134 valence electrons. The van der Waals surface area contributed by atoms with E-state index in [1.807, 2.05) is 0 Å². The molecule has 1 aromatic carbocycles. The summed E-state index contributed by atoms with van der Waals surface area (Å²) >= 11 is 0. The molecule has 0 bridgehead atoms. The Balaban J connectivity index is 2.00. The van der Waals surface area contributed by atoms with E-state index in [1.54, 1.807) is 24.1 Å². The van der Waals surface area contributed by atoms with Gasteiger partial charge in [-0.2, -0.15) is 0 Å². The number of benzene rings is 1. The molecule has 0 aliphatic carbocycles. The highest BCUT2D eigenvalue weighted by molar-refractivity contribution is 7.88. The lowest BCUT2D eigenvalue weighted by Crippen LogP contribution is -2.50. The second-order valence-corrected chi connectivity index (χ2v) is 7.92. The molecule has 1 fully saturated rings. The zero-order valence-electron chi connectivity index (χ0n) is 13.9. The maximum atomic E-state index is 13.0. The summed E-state index contributed by atoms with van der Waals surface area (Å²) in [6.07, 6.45) is 2.39. The first kappa shape index (κ1) is 18.8. The number of nitrogens with one attached hydrogen (secondary N) is 1. The summed E-state index contributed by atoms with van der Waals surface area (Å²) in [7, 11) is -1.75. The van der Waals surface area contributed by atoms with Crippen molar-refractivity contribution in [3.63, 3.8) is 0 Å². The number of hydrogen-bond donors (Lipinski definition) is 1. The Bertz CT molecular complexity index is 663. The summed E-state index contributed by atoms with van der Waals surface area (Å²) in [4.78, 5) is 13.8. The van der Waals surface area contributed by atoms with Crippen molar-refractivity contribution in [2.45, 2.75) is 18.9 Å². The second-order valence-electron chi connectivity index (χ2n) is 6.09. The van der Waals surface area contributed by atoms with Gasteiger partial charge < -0.3 is 9.64 Å². The molecule has 1 N–H and O–H groups in total. The molecule has 0 aromatic heterocycles. The molecule has 1 aliphatic heterocycles. The molecular formula is C16H23FN2O4S. The molecule has 8 heteroatoms. The molecule has 0 unspecified atom stereocenters. The Morgan fingerprint density at radius 3 is 2.62 bits per heavy atom. The third kappa shape index (κ3) is 5.54. The summed E-state index contributed by atoms with van der Waals surface area (Å²) in [5, 5.41) is 0. The minimum absolute atomic E-state index is 0.0157. The molecule has 0 spiro atoms. The highest BCUT2D eigenvalue weighted by Crippen LogP contribution is 2.24. The number of rotatable bonds is 6. The number of amides is 1. The molecule has 1 aromatic rings. The topological polar surface area (TPSA) is 75.7 Å². The first-order chi connectivity index (χ1) is 11.3. The quantitative estimate of drug-likeness (QED) is 0.815. The molecule has 1 aliphatic rings. The maximum absolute atomic E-state index is 13.0. The van der Waals surface area contributed by atoms with E-state index in [1.165, 1.54) is 12.1 Å². The normalized spacial score (nSPS) is 21.7. The predicted molar refractivity (Wildman–Crippen MR) is 88.4 cm³/mol. The van der Waals surface area contributed by atoms with Crippen molar-refractivity contribution >= 4 is 15.9 Å². The summed E-state index contributed by atoms with van der Waals surface area (Å²) in [5.41, 5.74) is 0.979. The first-order valence-electron chi connectivity index (χ1n) is 7.78. The lowest BCUT2D eigenvalue weighted by atomic mass is 9.88. The lowest BCUT2D eigenvalue weighted by Gasteiger charge is -2.38. The van der Waals surface area contributed by atoms with Gasteiger partial charge in [0, 0.05) is 26.1 Å². The van der Waals surface area contributed by atoms with Crippen LogP contribution in [0.1, 0.15) is 12.0 Å². The van der Waals surface area contributed by atoms with Crippen molar-refractivity contribution in [3.05, 3.63) is 35.6 Å². The molecule has 1 heterocycles. The minimum atomic E-state index is -3.40. The molecular weight excluding hydrogens is 335 g/mol. The largest absolute Gasteiger partial charge is 0.381 e. The van der Waals surface area contributed by atoms with Crippen molar-refractivity contribution in [1.82, 2.24) is 9.62 Å². The third-order valence-corrected chi connectivity index (χ3v) is 4.89. The predicted octanol–water partition coefficient (Wildman–Crippen LogP) is 0.781. The van der Waals surface area contributed by atoms with Crippen LogP contribution in [0.15, 0.2) is 24.3 Å². The Labute approximate surface area is 142 Å². The molecule has 6 nitrogen and oxygen atoms in total. The molecule has 1 amide bonds. The van der Waals surface area contributed by atoms with Crippen LogP contribution in [0.4, 0.5) is 4.39 Å². The number of methoxy groups -OCH3 is 1. The average molecular weight is 358 g/mol. The van der Waals surface area contributed by atoms with Gasteiger partial charge in [0.25, 0.3) is 0 Å². The number of sulfonamides is 1. The number of piperidine rings is 1. The number of carbonyl (C=O) groups excluding carboxylic acids is 1. The van der Waals surface area contributed by atoms with Crippen molar-refractivity contribution in [2.75, 3.05) is 33.0 Å². The highest BCUT2D eigenvalue weighted by atomic mass is 32.2. The van der Waals surface area contributed by atoms with E-state index in [0.717, 1.165) is 11.8 Å². The van der Waals surface area contributed by atoms with Crippen molar-refractivity contribution in [3.8, 4) is 0 Å². The molecule has 2 atom stereocenters. The maximum Gasteiger partial charge on any atom is 0.237 e. The molecule has 1 saturated heterocycles. The van der Waals surface area contributed by atoms with E-state index < -0.39 is 10.0 Å². The second kappa shape index (κ2) is 8.04. The SMILES string of the molecule is CO[C@H]1CCN(C(=O)CNS(C)(=O)=O)C[C@H]1Cc1ccc(F)cc1. The smallest absolute Gasteiger partial charge is 0.237 e. The third-order valence-electron chi connectivity index (χ3n) is 4.22. The lowest BCUT2D eigenvalue weighted by molar-refractivity contribution is -0.134. The van der Waals surface area contributed by atoms with Crippen molar-refractivity contribution in [1.29, 1.82) is 0 Å². The van der Waals surface area contributed by atoms with E-state index in [0.29, 0.717) is 25.9 Å². The van der Waals surface area contributed by atoms with Crippen LogP contribution in [-0.4, -0.2) is 58.3 Å². The first-order valence-corrected chi connectivity index (χ1v) is 9.67. The van der Waals surface area contributed by atoms with Gasteiger partial charge in [0.1, 0.15) is 5.82 Å². The number of ether oxygens (including phenoxy) is 1. The van der Waals surface area contributed by atoms with Crippen LogP contribution in [0.25, 0.3) is 0 Å². The van der Waals surface area contributed by atoms with Crippen LogP contribution < -0.4 is 4.72 Å². The van der Waals surface area contributed by atoms with Gasteiger partial charge in [-0.05, 0) is 30.5 Å². The highest BCUT2D eigenvalue weighted by Gasteiger charge is 2.31. The fourth-order valence-corrected chi connectivity index (χ4v) is 3.36. The van der Waals surface area contributed by atoms with Crippen LogP contribution in [0.2, 0.25) is 0 Å². The van der Waals surface area contributed by atoms with Gasteiger partial charge in [0.05, 0.1) is 18.9 Å². The number of likely N-dealkylation sites (tertiary alicyclic amines) is 1. The van der Waals surface area contributed by atoms with Gasteiger partial charge in [-0.1, -0.05) is 12.1 Å². The van der Waals surface area contributed by atoms with Gasteiger partial charge in [-0.15, -0.1) is 0 Å². The van der Waals surface area contributed by atoms with Crippen LogP contribution in [0.5, 0.6) is 0 Å². The zero-order valence-corrected chi connectivity index (χ0v) is 14.7. The van der Waals surface area contributed by atoms with E-state index in [2.05, 4.69) is 4.72 Å². The summed E-state index contributed by atoms with van der Waals surface area (Å²) in [6, 6.07) is 6.29.